The Morgan fingerprint density at radius 3 is 2.05 bits per heavy atom. The van der Waals surface area contributed by atoms with Crippen LogP contribution >= 0.6 is 0 Å². The van der Waals surface area contributed by atoms with Crippen molar-refractivity contribution in [3.05, 3.63) is 0 Å². The molecule has 0 radical (unpaired) electrons. The number of piperazine rings is 1. The quantitative estimate of drug-likeness (QED) is 0.753. The molecule has 21 heavy (non-hydrogen) atoms. The van der Waals surface area contributed by atoms with Crippen LogP contribution in [0.5, 0.6) is 0 Å². The van der Waals surface area contributed by atoms with Gasteiger partial charge in [0.1, 0.15) is 0 Å². The van der Waals surface area contributed by atoms with Crippen molar-refractivity contribution in [2.75, 3.05) is 39.3 Å². The monoisotopic (exact) mass is 299 g/mol. The van der Waals surface area contributed by atoms with Crippen molar-refractivity contribution in [3.8, 4) is 0 Å². The highest BCUT2D eigenvalue weighted by Gasteiger charge is 2.27. The Morgan fingerprint density at radius 1 is 1.05 bits per heavy atom. The molecule has 2 N–H and O–H groups in total. The summed E-state index contributed by atoms with van der Waals surface area (Å²) in [5, 5.41) is 13.1. The predicted molar refractivity (Wildman–Crippen MR) is 90.8 cm³/mol. The van der Waals surface area contributed by atoms with E-state index in [2.05, 4.69) is 56.7 Å². The highest BCUT2D eigenvalue weighted by Crippen LogP contribution is 2.17. The molecule has 1 atom stereocenters. The Bertz CT molecular complexity index is 293. The van der Waals surface area contributed by atoms with E-state index >= 15 is 0 Å². The van der Waals surface area contributed by atoms with Crippen molar-refractivity contribution in [2.45, 2.75) is 71.5 Å². The Hall–Kier alpha value is -0.160. The van der Waals surface area contributed by atoms with Crippen LogP contribution in [0, 0.1) is 0 Å². The SMILES string of the molecule is CC(C)NC(C)(CO)CCCN1CCN(C(C)(C)C)CC1. The van der Waals surface area contributed by atoms with Gasteiger partial charge in [-0.05, 0) is 47.1 Å². The third-order valence-corrected chi connectivity index (χ3v) is 4.51. The van der Waals surface area contributed by atoms with Crippen LogP contribution in [0.15, 0.2) is 0 Å². The zero-order valence-electron chi connectivity index (χ0n) is 15.1. The van der Waals surface area contributed by atoms with Gasteiger partial charge in [-0.25, -0.2) is 0 Å². The van der Waals surface area contributed by atoms with Crippen LogP contribution in [-0.4, -0.2) is 71.4 Å². The molecule has 126 valence electrons. The molecule has 1 rings (SSSR count). The number of rotatable bonds is 7. The van der Waals surface area contributed by atoms with Gasteiger partial charge < -0.3 is 15.3 Å². The average Bonchev–Trinajstić information content (AvgIpc) is 2.37. The number of aliphatic hydroxyl groups excluding tert-OH is 1. The first kappa shape index (κ1) is 18.9. The summed E-state index contributed by atoms with van der Waals surface area (Å²) in [6, 6.07) is 0.414. The van der Waals surface area contributed by atoms with Gasteiger partial charge >= 0.3 is 0 Å². The van der Waals surface area contributed by atoms with Crippen LogP contribution in [0.3, 0.4) is 0 Å². The van der Waals surface area contributed by atoms with E-state index in [0.29, 0.717) is 11.6 Å². The maximum atomic E-state index is 9.61. The molecular weight excluding hydrogens is 262 g/mol. The smallest absolute Gasteiger partial charge is 0.0610 e. The van der Waals surface area contributed by atoms with Crippen LogP contribution in [0.2, 0.25) is 0 Å². The highest BCUT2D eigenvalue weighted by atomic mass is 16.3. The number of hydrogen-bond donors (Lipinski definition) is 2. The molecule has 0 aromatic carbocycles. The summed E-state index contributed by atoms with van der Waals surface area (Å²) in [6.07, 6.45) is 2.17. The molecule has 1 unspecified atom stereocenters. The summed E-state index contributed by atoms with van der Waals surface area (Å²) in [6.45, 7) is 19.3. The van der Waals surface area contributed by atoms with E-state index in [0.717, 1.165) is 19.4 Å². The molecule has 0 aliphatic carbocycles. The third kappa shape index (κ3) is 6.64. The van der Waals surface area contributed by atoms with Crippen molar-refractivity contribution >= 4 is 0 Å². The molecule has 4 nitrogen and oxygen atoms in total. The van der Waals surface area contributed by atoms with Crippen LogP contribution < -0.4 is 5.32 Å². The summed E-state index contributed by atoms with van der Waals surface area (Å²) < 4.78 is 0. The lowest BCUT2D eigenvalue weighted by Crippen LogP contribution is -2.54. The first-order chi connectivity index (χ1) is 9.66. The zero-order valence-corrected chi connectivity index (χ0v) is 15.1. The Labute approximate surface area is 131 Å². The fourth-order valence-corrected chi connectivity index (χ4v) is 3.23. The van der Waals surface area contributed by atoms with Crippen LogP contribution in [0.25, 0.3) is 0 Å². The van der Waals surface area contributed by atoms with Crippen molar-refractivity contribution in [1.29, 1.82) is 0 Å². The van der Waals surface area contributed by atoms with E-state index in [-0.39, 0.29) is 12.1 Å². The summed E-state index contributed by atoms with van der Waals surface area (Å²) in [7, 11) is 0. The van der Waals surface area contributed by atoms with Gasteiger partial charge in [-0.15, -0.1) is 0 Å². The van der Waals surface area contributed by atoms with Gasteiger partial charge in [-0.2, -0.15) is 0 Å². The van der Waals surface area contributed by atoms with Gasteiger partial charge in [-0.1, -0.05) is 13.8 Å². The summed E-state index contributed by atoms with van der Waals surface area (Å²) in [5.74, 6) is 0. The van der Waals surface area contributed by atoms with Crippen molar-refractivity contribution in [2.24, 2.45) is 0 Å². The second-order valence-corrected chi connectivity index (χ2v) is 8.12. The molecule has 1 fully saturated rings. The van der Waals surface area contributed by atoms with Crippen molar-refractivity contribution in [3.63, 3.8) is 0 Å². The van der Waals surface area contributed by atoms with Crippen LogP contribution in [0.1, 0.15) is 54.4 Å². The number of nitrogens with zero attached hydrogens (tertiary/aromatic N) is 2. The van der Waals surface area contributed by atoms with Crippen LogP contribution in [-0.2, 0) is 0 Å². The fourth-order valence-electron chi connectivity index (χ4n) is 3.23. The largest absolute Gasteiger partial charge is 0.394 e. The first-order valence-corrected chi connectivity index (χ1v) is 8.52. The second-order valence-electron chi connectivity index (χ2n) is 8.12. The molecule has 1 aliphatic heterocycles. The first-order valence-electron chi connectivity index (χ1n) is 8.52. The highest BCUT2D eigenvalue weighted by molar-refractivity contribution is 4.85. The van der Waals surface area contributed by atoms with Gasteiger partial charge in [0, 0.05) is 43.3 Å². The van der Waals surface area contributed by atoms with E-state index in [9.17, 15) is 5.11 Å². The number of aliphatic hydroxyl groups is 1. The van der Waals surface area contributed by atoms with E-state index in [1.54, 1.807) is 0 Å². The molecule has 0 saturated carbocycles. The number of nitrogens with one attached hydrogen (secondary N) is 1. The van der Waals surface area contributed by atoms with E-state index < -0.39 is 0 Å². The molecule has 1 aliphatic rings. The lowest BCUT2D eigenvalue weighted by molar-refractivity contribution is 0.0594. The summed E-state index contributed by atoms with van der Waals surface area (Å²) >= 11 is 0. The maximum Gasteiger partial charge on any atom is 0.0610 e. The van der Waals surface area contributed by atoms with Crippen molar-refractivity contribution in [1.82, 2.24) is 15.1 Å². The van der Waals surface area contributed by atoms with E-state index in [1.807, 2.05) is 0 Å². The fraction of sp³-hybridized carbons (Fsp3) is 1.00. The standard InChI is InChI=1S/C17H37N3O/c1-15(2)18-17(6,14-21)8-7-9-19-10-12-20(13-11-19)16(3,4)5/h15,18,21H,7-14H2,1-6H3. The summed E-state index contributed by atoms with van der Waals surface area (Å²) in [4.78, 5) is 5.14. The van der Waals surface area contributed by atoms with Crippen LogP contribution in [0.4, 0.5) is 0 Å². The Balaban J connectivity index is 2.28. The minimum atomic E-state index is -0.138. The zero-order chi connectivity index (χ0) is 16.1. The topological polar surface area (TPSA) is 38.7 Å². The molecule has 0 aromatic rings. The van der Waals surface area contributed by atoms with Gasteiger partial charge in [0.2, 0.25) is 0 Å². The Kier molecular flexibility index (Phi) is 7.11. The van der Waals surface area contributed by atoms with Gasteiger partial charge in [-0.3, -0.25) is 4.90 Å². The molecule has 0 aromatic heterocycles. The Morgan fingerprint density at radius 2 is 1.62 bits per heavy atom. The molecule has 1 saturated heterocycles. The third-order valence-electron chi connectivity index (χ3n) is 4.51. The van der Waals surface area contributed by atoms with Gasteiger partial charge in [0.15, 0.2) is 0 Å². The predicted octanol–water partition coefficient (Wildman–Crippen LogP) is 1.93. The van der Waals surface area contributed by atoms with E-state index in [1.165, 1.54) is 26.2 Å². The number of hydrogen-bond acceptors (Lipinski definition) is 4. The summed E-state index contributed by atoms with van der Waals surface area (Å²) in [5.41, 5.74) is 0.157. The average molecular weight is 300 g/mol. The van der Waals surface area contributed by atoms with Gasteiger partial charge in [0.05, 0.1) is 6.61 Å². The minimum absolute atomic E-state index is 0.138. The normalized spacial score (nSPS) is 21.7. The maximum absolute atomic E-state index is 9.61. The molecule has 0 spiro atoms. The lowest BCUT2D eigenvalue weighted by atomic mass is 9.95. The second kappa shape index (κ2) is 7.91. The lowest BCUT2D eigenvalue weighted by Gasteiger charge is -2.42. The molecule has 4 heteroatoms. The van der Waals surface area contributed by atoms with E-state index in [4.69, 9.17) is 0 Å². The van der Waals surface area contributed by atoms with Crippen molar-refractivity contribution < 1.29 is 5.11 Å². The minimum Gasteiger partial charge on any atom is -0.394 e. The molecular formula is C17H37N3O. The molecule has 0 amide bonds. The molecule has 0 bridgehead atoms. The van der Waals surface area contributed by atoms with Gasteiger partial charge in [0.25, 0.3) is 0 Å². The molecule has 1 heterocycles.